The van der Waals surface area contributed by atoms with Crippen LogP contribution in [0.25, 0.3) is 22.8 Å². The number of aryl methyl sites for hydroxylation is 1. The first kappa shape index (κ1) is 24.9. The maximum absolute atomic E-state index is 13.8. The third-order valence-corrected chi connectivity index (χ3v) is 7.57. The first-order valence-corrected chi connectivity index (χ1v) is 12.4. The van der Waals surface area contributed by atoms with Gasteiger partial charge in [0.15, 0.2) is 5.82 Å². The standard InChI is InChI=1S/C19H16Cl2F3N7OS2/c1-3-8(34-18-25-16(26-28-18)9-4-13(22)12(21)5-11(9)20)7-33-19-29-27-17(32-19)10-6-31(2)30-14(10)15(23)24/h4-6,8,15H,3,7H2,1-2H3,(H,25,26,28). The highest BCUT2D eigenvalue weighted by atomic mass is 35.5. The topological polar surface area (TPSA) is 98.3 Å². The minimum absolute atomic E-state index is 0.0164. The molecule has 0 saturated heterocycles. The Labute approximate surface area is 210 Å². The molecule has 0 saturated carbocycles. The molecule has 15 heteroatoms. The molecule has 3 aromatic heterocycles. The van der Waals surface area contributed by atoms with Crippen molar-refractivity contribution in [3.8, 4) is 22.8 Å². The molecule has 8 nitrogen and oxygen atoms in total. The lowest BCUT2D eigenvalue weighted by Gasteiger charge is -2.09. The molecule has 1 aromatic carbocycles. The number of hydrogen-bond acceptors (Lipinski definition) is 8. The van der Waals surface area contributed by atoms with Crippen molar-refractivity contribution < 1.29 is 17.6 Å². The van der Waals surface area contributed by atoms with Crippen molar-refractivity contribution in [3.05, 3.63) is 39.9 Å². The van der Waals surface area contributed by atoms with Crippen molar-refractivity contribution in [3.63, 3.8) is 0 Å². The average Bonchev–Trinajstić information content (AvgIpc) is 3.53. The number of alkyl halides is 2. The summed E-state index contributed by atoms with van der Waals surface area (Å²) in [6, 6.07) is 2.50. The van der Waals surface area contributed by atoms with Gasteiger partial charge in [-0.2, -0.15) is 5.10 Å². The Morgan fingerprint density at radius 1 is 1.18 bits per heavy atom. The van der Waals surface area contributed by atoms with E-state index < -0.39 is 17.9 Å². The molecular weight excluding hydrogens is 534 g/mol. The number of nitrogens with one attached hydrogen (secondary N) is 1. The maximum atomic E-state index is 13.8. The molecule has 3 heterocycles. The fraction of sp³-hybridized carbons (Fsp3) is 0.316. The third-order valence-electron chi connectivity index (χ3n) is 4.55. The quantitative estimate of drug-likeness (QED) is 0.192. The Bertz CT molecular complexity index is 1300. The molecule has 0 spiro atoms. The van der Waals surface area contributed by atoms with Gasteiger partial charge in [-0.05, 0) is 18.6 Å². The smallest absolute Gasteiger partial charge is 0.282 e. The molecular formula is C19H16Cl2F3N7OS2. The zero-order chi connectivity index (χ0) is 24.4. The van der Waals surface area contributed by atoms with Crippen LogP contribution in [0.5, 0.6) is 0 Å². The molecule has 0 aliphatic heterocycles. The van der Waals surface area contributed by atoms with Crippen LogP contribution in [0.4, 0.5) is 13.2 Å². The highest BCUT2D eigenvalue weighted by molar-refractivity contribution is 8.03. The molecule has 4 aromatic rings. The molecule has 0 bridgehead atoms. The number of aromatic nitrogens is 7. The number of nitrogens with zero attached hydrogens (tertiary/aromatic N) is 6. The lowest BCUT2D eigenvalue weighted by Crippen LogP contribution is -2.04. The van der Waals surface area contributed by atoms with E-state index in [0.717, 1.165) is 6.42 Å². The van der Waals surface area contributed by atoms with Crippen molar-refractivity contribution >= 4 is 46.7 Å². The van der Waals surface area contributed by atoms with Crippen LogP contribution in [-0.2, 0) is 7.05 Å². The first-order valence-electron chi connectivity index (χ1n) is 9.77. The second-order valence-corrected chi connectivity index (χ2v) is 10.0. The summed E-state index contributed by atoms with van der Waals surface area (Å²) in [4.78, 5) is 4.39. The third kappa shape index (κ3) is 5.53. The van der Waals surface area contributed by atoms with Gasteiger partial charge >= 0.3 is 0 Å². The summed E-state index contributed by atoms with van der Waals surface area (Å²) in [6.45, 7) is 2.00. The molecule has 4 rings (SSSR count). The Kier molecular flexibility index (Phi) is 7.75. The molecule has 34 heavy (non-hydrogen) atoms. The number of benzene rings is 1. The fourth-order valence-corrected chi connectivity index (χ4v) is 5.34. The van der Waals surface area contributed by atoms with E-state index in [1.807, 2.05) is 6.92 Å². The Balaban J connectivity index is 1.41. The molecule has 180 valence electrons. The average molecular weight is 550 g/mol. The summed E-state index contributed by atoms with van der Waals surface area (Å²) in [7, 11) is 1.54. The van der Waals surface area contributed by atoms with E-state index in [4.69, 9.17) is 27.6 Å². The van der Waals surface area contributed by atoms with Crippen molar-refractivity contribution in [2.24, 2.45) is 7.05 Å². The van der Waals surface area contributed by atoms with Crippen LogP contribution in [0.15, 0.2) is 33.1 Å². The van der Waals surface area contributed by atoms with E-state index in [0.29, 0.717) is 22.3 Å². The molecule has 0 radical (unpaired) electrons. The van der Waals surface area contributed by atoms with Gasteiger partial charge in [-0.1, -0.05) is 53.6 Å². The van der Waals surface area contributed by atoms with Crippen molar-refractivity contribution in [2.75, 3.05) is 5.75 Å². The second-order valence-electron chi connectivity index (χ2n) is 6.95. The summed E-state index contributed by atoms with van der Waals surface area (Å²) >= 11 is 14.6. The predicted molar refractivity (Wildman–Crippen MR) is 124 cm³/mol. The molecule has 0 fully saturated rings. The maximum Gasteiger partial charge on any atom is 0.282 e. The number of thioether (sulfide) groups is 2. The van der Waals surface area contributed by atoms with Crippen LogP contribution < -0.4 is 0 Å². The summed E-state index contributed by atoms with van der Waals surface area (Å²) in [5.74, 6) is 0.258. The van der Waals surface area contributed by atoms with Gasteiger partial charge in [0.05, 0.1) is 15.6 Å². The molecule has 1 N–H and O–H groups in total. The van der Waals surface area contributed by atoms with E-state index in [2.05, 4.69) is 30.5 Å². The number of H-pyrrole nitrogens is 1. The van der Waals surface area contributed by atoms with Crippen LogP contribution in [0.3, 0.4) is 0 Å². The van der Waals surface area contributed by atoms with Crippen molar-refractivity contribution in [2.45, 2.75) is 35.4 Å². The molecule has 0 aliphatic carbocycles. The van der Waals surface area contributed by atoms with Crippen LogP contribution in [0.1, 0.15) is 25.5 Å². The number of hydrogen-bond donors (Lipinski definition) is 1. The Hall–Kier alpha value is -2.22. The van der Waals surface area contributed by atoms with E-state index in [1.54, 1.807) is 0 Å². The summed E-state index contributed by atoms with van der Waals surface area (Å²) < 4.78 is 47.0. The SMILES string of the molecule is CCC(CSc1nnc(-c2cn(C)nc2C(F)F)o1)Sc1n[nH]c(-c2cc(F)c(Cl)cc2Cl)n1. The number of aromatic amines is 1. The van der Waals surface area contributed by atoms with Gasteiger partial charge in [0, 0.05) is 29.8 Å². The Morgan fingerprint density at radius 2 is 1.97 bits per heavy atom. The van der Waals surface area contributed by atoms with E-state index >= 15 is 0 Å². The summed E-state index contributed by atoms with van der Waals surface area (Å²) in [5, 5.41) is 19.4. The lowest BCUT2D eigenvalue weighted by molar-refractivity contribution is 0.145. The largest absolute Gasteiger partial charge is 0.411 e. The van der Waals surface area contributed by atoms with Gasteiger partial charge in [0.2, 0.25) is 5.16 Å². The van der Waals surface area contributed by atoms with E-state index in [1.165, 1.54) is 53.6 Å². The first-order chi connectivity index (χ1) is 16.2. The Morgan fingerprint density at radius 3 is 2.71 bits per heavy atom. The van der Waals surface area contributed by atoms with E-state index in [9.17, 15) is 13.2 Å². The second kappa shape index (κ2) is 10.6. The molecule has 0 aliphatic rings. The molecule has 0 amide bonds. The van der Waals surface area contributed by atoms with Crippen molar-refractivity contribution in [1.82, 2.24) is 35.2 Å². The molecule has 1 unspecified atom stereocenters. The van der Waals surface area contributed by atoms with Crippen molar-refractivity contribution in [1.29, 1.82) is 0 Å². The zero-order valence-electron chi connectivity index (χ0n) is 17.6. The normalized spacial score (nSPS) is 12.6. The van der Waals surface area contributed by atoms with Gasteiger partial charge in [0.1, 0.15) is 11.5 Å². The highest BCUT2D eigenvalue weighted by Gasteiger charge is 2.23. The van der Waals surface area contributed by atoms with Gasteiger partial charge in [-0.15, -0.1) is 15.3 Å². The highest BCUT2D eigenvalue weighted by Crippen LogP contribution is 2.34. The predicted octanol–water partition coefficient (Wildman–Crippen LogP) is 6.30. The number of rotatable bonds is 9. The van der Waals surface area contributed by atoms with Gasteiger partial charge in [-0.25, -0.2) is 18.2 Å². The minimum atomic E-state index is -2.76. The van der Waals surface area contributed by atoms with Gasteiger partial charge in [0.25, 0.3) is 17.5 Å². The van der Waals surface area contributed by atoms with Crippen LogP contribution >= 0.6 is 46.7 Å². The van der Waals surface area contributed by atoms with Crippen LogP contribution in [-0.4, -0.2) is 46.2 Å². The fourth-order valence-electron chi connectivity index (χ4n) is 2.88. The van der Waals surface area contributed by atoms with Gasteiger partial charge < -0.3 is 4.42 Å². The monoisotopic (exact) mass is 549 g/mol. The van der Waals surface area contributed by atoms with Gasteiger partial charge in [-0.3, -0.25) is 9.78 Å². The lowest BCUT2D eigenvalue weighted by atomic mass is 10.2. The van der Waals surface area contributed by atoms with Crippen LogP contribution in [0, 0.1) is 5.82 Å². The summed E-state index contributed by atoms with van der Waals surface area (Å²) in [5.41, 5.74) is 0.0388. The zero-order valence-corrected chi connectivity index (χ0v) is 20.7. The minimum Gasteiger partial charge on any atom is -0.411 e. The van der Waals surface area contributed by atoms with Crippen LogP contribution in [0.2, 0.25) is 10.0 Å². The van der Waals surface area contributed by atoms with E-state index in [-0.39, 0.29) is 32.0 Å². The molecule has 1 atom stereocenters. The number of halogens is 5. The summed E-state index contributed by atoms with van der Waals surface area (Å²) in [6.07, 6.45) is -0.573.